The maximum atomic E-state index is 14.6. The number of hydrogen-bond acceptors (Lipinski definition) is 5. The summed E-state index contributed by atoms with van der Waals surface area (Å²) in [6, 6.07) is 12.3. The maximum absolute atomic E-state index is 14.6. The highest BCUT2D eigenvalue weighted by Gasteiger charge is 2.72. The van der Waals surface area contributed by atoms with Crippen LogP contribution >= 0.6 is 46.4 Å². The van der Waals surface area contributed by atoms with E-state index in [9.17, 15) is 27.2 Å². The molecule has 4 fully saturated rings. The van der Waals surface area contributed by atoms with Gasteiger partial charge in [-0.2, -0.15) is 10.2 Å². The first-order valence-electron chi connectivity index (χ1n) is 14.2. The number of nitrogens with one attached hydrogen (secondary N) is 2. The average Bonchev–Trinajstić information content (AvgIpc) is 3.70. The molecule has 0 unspecified atom stereocenters. The van der Waals surface area contributed by atoms with Gasteiger partial charge in [0.25, 0.3) is 11.8 Å². The van der Waals surface area contributed by atoms with Gasteiger partial charge in [-0.3, -0.25) is 9.59 Å². The summed E-state index contributed by atoms with van der Waals surface area (Å²) in [6.45, 7) is 0. The Balaban J connectivity index is 0.967. The van der Waals surface area contributed by atoms with E-state index in [1.54, 1.807) is 24.3 Å². The summed E-state index contributed by atoms with van der Waals surface area (Å²) in [5.74, 6) is -4.24. The second-order valence-electron chi connectivity index (χ2n) is 12.0. The first-order chi connectivity index (χ1) is 21.1. The summed E-state index contributed by atoms with van der Waals surface area (Å²) in [4.78, 5) is 25.0. The Morgan fingerprint density at radius 2 is 1.00 bits per heavy atom. The molecule has 2 aromatic rings. The van der Waals surface area contributed by atoms with Crippen molar-refractivity contribution in [1.29, 1.82) is 0 Å². The van der Waals surface area contributed by atoms with Crippen molar-refractivity contribution in [1.82, 2.24) is 10.9 Å². The van der Waals surface area contributed by atoms with Crippen molar-refractivity contribution in [3.05, 3.63) is 59.7 Å². The number of halogens is 8. The molecular formula is C30H26Cl4F4N4O3. The molecule has 0 aromatic heterocycles. The molecule has 4 saturated carbocycles. The van der Waals surface area contributed by atoms with Gasteiger partial charge in [-0.05, 0) is 74.2 Å². The number of carbonyl (C=O) groups is 2. The van der Waals surface area contributed by atoms with Crippen LogP contribution in [0.4, 0.5) is 17.6 Å². The van der Waals surface area contributed by atoms with E-state index >= 15 is 0 Å². The molecule has 4 aliphatic rings. The van der Waals surface area contributed by atoms with E-state index in [-0.39, 0.29) is 36.8 Å². The molecule has 4 aliphatic carbocycles. The van der Waals surface area contributed by atoms with Crippen LogP contribution in [-0.4, -0.2) is 44.8 Å². The minimum absolute atomic E-state index is 0.204. The van der Waals surface area contributed by atoms with E-state index in [4.69, 9.17) is 51.1 Å². The van der Waals surface area contributed by atoms with Gasteiger partial charge in [0.05, 0.1) is 0 Å². The Hall–Kier alpha value is -2.60. The van der Waals surface area contributed by atoms with E-state index < -0.39 is 67.8 Å². The SMILES string of the molecule is O=C(N/N=C\[C@@H]1C[C@H]2C[C@H]1[C@](F)(Cl)[C@]2(F)Cl)c1ccc(Oc2ccc(C(=O)N/N=C\[C@@H]3C[C@H]4C[C@H]3[C@@](F)(Cl)[C@]4(F)Cl)cc2)cc1. The van der Waals surface area contributed by atoms with Gasteiger partial charge in [0.1, 0.15) is 11.5 Å². The molecule has 0 spiro atoms. The number of rotatable bonds is 8. The van der Waals surface area contributed by atoms with Crippen LogP contribution < -0.4 is 15.6 Å². The number of carbonyl (C=O) groups excluding carboxylic acids is 2. The van der Waals surface area contributed by atoms with Crippen molar-refractivity contribution >= 4 is 70.6 Å². The average molecular weight is 708 g/mol. The van der Waals surface area contributed by atoms with Crippen LogP contribution in [0.15, 0.2) is 58.7 Å². The predicted molar refractivity (Wildman–Crippen MR) is 163 cm³/mol. The third kappa shape index (κ3) is 5.57. The van der Waals surface area contributed by atoms with Gasteiger partial charge in [0.2, 0.25) is 20.5 Å². The van der Waals surface area contributed by atoms with Gasteiger partial charge in [0, 0.05) is 59.1 Å². The molecule has 7 nitrogen and oxygen atoms in total. The summed E-state index contributed by atoms with van der Waals surface area (Å²) in [5.41, 5.74) is 5.30. The van der Waals surface area contributed by atoms with Gasteiger partial charge >= 0.3 is 0 Å². The highest BCUT2D eigenvalue weighted by atomic mass is 35.5. The number of hydrazone groups is 2. The normalized spacial score (nSPS) is 40.0. The number of alkyl halides is 8. The van der Waals surface area contributed by atoms with Gasteiger partial charge in [0.15, 0.2) is 0 Å². The first kappa shape index (κ1) is 32.3. The van der Waals surface area contributed by atoms with Crippen LogP contribution in [0.25, 0.3) is 0 Å². The monoisotopic (exact) mass is 706 g/mol. The van der Waals surface area contributed by atoms with Crippen LogP contribution in [0.5, 0.6) is 11.5 Å². The number of benzene rings is 2. The van der Waals surface area contributed by atoms with Gasteiger partial charge in [-0.25, -0.2) is 28.4 Å². The molecule has 240 valence electrons. The molecule has 15 heteroatoms. The van der Waals surface area contributed by atoms with E-state index in [1.165, 1.54) is 36.7 Å². The van der Waals surface area contributed by atoms with Crippen molar-refractivity contribution in [2.24, 2.45) is 45.7 Å². The molecule has 10 atom stereocenters. The van der Waals surface area contributed by atoms with E-state index in [2.05, 4.69) is 21.1 Å². The van der Waals surface area contributed by atoms with Gasteiger partial charge in [-0.15, -0.1) is 0 Å². The number of ether oxygens (including phenoxy) is 1. The Bertz CT molecular complexity index is 1430. The molecule has 2 amide bonds. The van der Waals surface area contributed by atoms with Gasteiger partial charge in [-0.1, -0.05) is 46.4 Å². The Labute approximate surface area is 275 Å². The number of hydrogen-bond donors (Lipinski definition) is 2. The van der Waals surface area contributed by atoms with E-state index in [0.717, 1.165) is 0 Å². The zero-order chi connectivity index (χ0) is 32.4. The van der Waals surface area contributed by atoms with Crippen molar-refractivity contribution in [3.63, 3.8) is 0 Å². The lowest BCUT2D eigenvalue weighted by Crippen LogP contribution is -2.47. The van der Waals surface area contributed by atoms with Crippen LogP contribution in [0.1, 0.15) is 46.4 Å². The molecule has 0 saturated heterocycles. The quantitative estimate of drug-likeness (QED) is 0.127. The first-order valence-corrected chi connectivity index (χ1v) is 15.7. The van der Waals surface area contributed by atoms with Crippen LogP contribution in [0.2, 0.25) is 0 Å². The number of fused-ring (bicyclic) bond motifs is 4. The standard InChI is InChI=1S/C30H26Cl4F4N4O3/c31-27(35)19-9-17(23(11-19)29(27,33)37)13-39-41-25(43)15-1-5-21(6-2-15)45-22-7-3-16(4-8-22)26(44)42-40-14-18-10-20-12-24(18)30(34,38)28(20,32)36/h1-8,13-14,17-20,23-24H,9-12H2,(H,41,43)(H,42,44)/b39-13-,40-14-/t17-,18-,19-,20-,23+,24+,27-,28-,29-,30+/m0/s1. The Morgan fingerprint density at radius 1 is 0.644 bits per heavy atom. The van der Waals surface area contributed by atoms with Crippen LogP contribution in [-0.2, 0) is 0 Å². The lowest BCUT2D eigenvalue weighted by atomic mass is 9.86. The summed E-state index contributed by atoms with van der Waals surface area (Å²) in [5, 5.41) is -2.81. The van der Waals surface area contributed by atoms with Crippen LogP contribution in [0, 0.1) is 35.5 Å². The summed E-state index contributed by atoms with van der Waals surface area (Å²) >= 11 is 22.9. The predicted octanol–water partition coefficient (Wildman–Crippen LogP) is 7.84. The molecule has 0 heterocycles. The Kier molecular flexibility index (Phi) is 8.32. The number of amides is 2. The van der Waals surface area contributed by atoms with Gasteiger partial charge < -0.3 is 4.74 Å². The molecule has 45 heavy (non-hydrogen) atoms. The van der Waals surface area contributed by atoms with Crippen LogP contribution in [0.3, 0.4) is 0 Å². The minimum atomic E-state index is -2.69. The van der Waals surface area contributed by atoms with E-state index in [0.29, 0.717) is 11.5 Å². The third-order valence-corrected chi connectivity index (χ3v) is 11.9. The fourth-order valence-electron chi connectivity index (χ4n) is 6.93. The lowest BCUT2D eigenvalue weighted by Gasteiger charge is -2.36. The largest absolute Gasteiger partial charge is 0.457 e. The fraction of sp³-hybridized carbons (Fsp3) is 0.467. The molecule has 4 bridgehead atoms. The maximum Gasteiger partial charge on any atom is 0.271 e. The zero-order valence-corrected chi connectivity index (χ0v) is 26.2. The number of nitrogens with zero attached hydrogens (tertiary/aromatic N) is 2. The second-order valence-corrected chi connectivity index (χ2v) is 14.2. The van der Waals surface area contributed by atoms with Crippen molar-refractivity contribution < 1.29 is 31.9 Å². The lowest BCUT2D eigenvalue weighted by molar-refractivity contribution is 0.0289. The van der Waals surface area contributed by atoms with E-state index in [1.807, 2.05) is 0 Å². The molecule has 0 aliphatic heterocycles. The molecule has 0 radical (unpaired) electrons. The summed E-state index contributed by atoms with van der Waals surface area (Å²) < 4.78 is 63.8. The van der Waals surface area contributed by atoms with Crippen molar-refractivity contribution in [2.45, 2.75) is 46.2 Å². The molecule has 6 rings (SSSR count). The smallest absolute Gasteiger partial charge is 0.271 e. The topological polar surface area (TPSA) is 92.1 Å². The summed E-state index contributed by atoms with van der Waals surface area (Å²) in [6.07, 6.45) is 3.71. The minimum Gasteiger partial charge on any atom is -0.457 e. The molecule has 2 aromatic carbocycles. The second kappa shape index (κ2) is 11.6. The third-order valence-electron chi connectivity index (χ3n) is 9.40. The van der Waals surface area contributed by atoms with Crippen molar-refractivity contribution in [3.8, 4) is 11.5 Å². The highest BCUT2D eigenvalue weighted by Crippen LogP contribution is 2.67. The molecular weight excluding hydrogens is 682 g/mol. The van der Waals surface area contributed by atoms with Crippen molar-refractivity contribution in [2.75, 3.05) is 0 Å². The molecule has 2 N–H and O–H groups in total. The summed E-state index contributed by atoms with van der Waals surface area (Å²) in [7, 11) is 0. The zero-order valence-electron chi connectivity index (χ0n) is 23.2. The highest BCUT2D eigenvalue weighted by molar-refractivity contribution is 6.34. The Morgan fingerprint density at radius 3 is 1.31 bits per heavy atom. The fourth-order valence-corrected chi connectivity index (χ4v) is 8.38.